The molecule has 0 bridgehead atoms. The molecule has 1 amide bonds. The van der Waals surface area contributed by atoms with E-state index in [4.69, 9.17) is 0 Å². The SMILES string of the molecule is O=C(Nc1cccc(-c2ccc3c(c2)CCN(CC2CCCCC2)C3)c1)C(F)(F)F. The highest BCUT2D eigenvalue weighted by atomic mass is 19.4. The summed E-state index contributed by atoms with van der Waals surface area (Å²) in [5.74, 6) is -1.13. The van der Waals surface area contributed by atoms with Crippen molar-refractivity contribution in [3.05, 3.63) is 53.6 Å². The predicted octanol–water partition coefficient (Wildman–Crippen LogP) is 5.79. The number of nitrogens with one attached hydrogen (secondary N) is 1. The van der Waals surface area contributed by atoms with Crippen LogP contribution in [0.1, 0.15) is 43.2 Å². The van der Waals surface area contributed by atoms with Crippen molar-refractivity contribution in [1.82, 2.24) is 4.90 Å². The average molecular weight is 416 g/mol. The van der Waals surface area contributed by atoms with Crippen molar-refractivity contribution in [1.29, 1.82) is 0 Å². The summed E-state index contributed by atoms with van der Waals surface area (Å²) in [6.45, 7) is 3.20. The smallest absolute Gasteiger partial charge is 0.318 e. The summed E-state index contributed by atoms with van der Waals surface area (Å²) < 4.78 is 37.5. The summed E-state index contributed by atoms with van der Waals surface area (Å²) in [6, 6.07) is 12.9. The minimum atomic E-state index is -4.90. The molecule has 6 heteroatoms. The maximum absolute atomic E-state index is 12.5. The monoisotopic (exact) mass is 416 g/mol. The number of fused-ring (bicyclic) bond motifs is 1. The molecule has 1 heterocycles. The van der Waals surface area contributed by atoms with Crippen LogP contribution in [-0.2, 0) is 17.8 Å². The summed E-state index contributed by atoms with van der Waals surface area (Å²) in [7, 11) is 0. The standard InChI is InChI=1S/C24H27F3N2O/c25-24(26,27)23(30)28-22-8-4-7-18(14-22)19-9-10-21-16-29(12-11-20(21)13-19)15-17-5-2-1-3-6-17/h4,7-10,13-14,17H,1-3,5-6,11-12,15-16H2,(H,28,30). The zero-order valence-electron chi connectivity index (χ0n) is 17.0. The topological polar surface area (TPSA) is 32.3 Å². The molecule has 0 aromatic heterocycles. The second kappa shape index (κ2) is 8.80. The van der Waals surface area contributed by atoms with E-state index in [9.17, 15) is 18.0 Å². The lowest BCUT2D eigenvalue weighted by atomic mass is 9.88. The second-order valence-corrected chi connectivity index (χ2v) is 8.51. The summed E-state index contributed by atoms with van der Waals surface area (Å²) in [4.78, 5) is 13.8. The molecule has 1 saturated carbocycles. The van der Waals surface area contributed by atoms with Crippen molar-refractivity contribution in [2.45, 2.75) is 51.2 Å². The normalized spacial score (nSPS) is 18.1. The quantitative estimate of drug-likeness (QED) is 0.684. The first-order chi connectivity index (χ1) is 14.4. The van der Waals surface area contributed by atoms with Gasteiger partial charge in [-0.25, -0.2) is 0 Å². The van der Waals surface area contributed by atoms with Gasteiger partial charge in [0.2, 0.25) is 0 Å². The fourth-order valence-corrected chi connectivity index (χ4v) is 4.66. The van der Waals surface area contributed by atoms with Crippen molar-refractivity contribution in [3.8, 4) is 11.1 Å². The maximum atomic E-state index is 12.5. The van der Waals surface area contributed by atoms with Crippen LogP contribution < -0.4 is 5.32 Å². The van der Waals surface area contributed by atoms with Crippen molar-refractivity contribution in [2.24, 2.45) is 5.92 Å². The Kier molecular flexibility index (Phi) is 6.14. The van der Waals surface area contributed by atoms with Crippen LogP contribution in [0.5, 0.6) is 0 Å². The van der Waals surface area contributed by atoms with Crippen LogP contribution >= 0.6 is 0 Å². The van der Waals surface area contributed by atoms with Gasteiger partial charge in [0, 0.05) is 25.3 Å². The van der Waals surface area contributed by atoms with E-state index in [-0.39, 0.29) is 5.69 Å². The minimum Gasteiger partial charge on any atom is -0.318 e. The molecule has 0 saturated heterocycles. The van der Waals surface area contributed by atoms with Gasteiger partial charge in [0.05, 0.1) is 0 Å². The molecule has 1 aliphatic carbocycles. The summed E-state index contributed by atoms with van der Waals surface area (Å²) in [5.41, 5.74) is 4.53. The highest BCUT2D eigenvalue weighted by Crippen LogP contribution is 2.30. The number of hydrogen-bond donors (Lipinski definition) is 1. The van der Waals surface area contributed by atoms with Crippen molar-refractivity contribution >= 4 is 11.6 Å². The number of alkyl halides is 3. The van der Waals surface area contributed by atoms with Gasteiger partial charge in [-0.05, 0) is 59.6 Å². The van der Waals surface area contributed by atoms with Gasteiger partial charge in [0.25, 0.3) is 0 Å². The third kappa shape index (κ3) is 5.04. The van der Waals surface area contributed by atoms with E-state index in [2.05, 4.69) is 17.0 Å². The Bertz CT molecular complexity index is 904. The molecule has 4 rings (SSSR count). The van der Waals surface area contributed by atoms with Gasteiger partial charge >= 0.3 is 12.1 Å². The largest absolute Gasteiger partial charge is 0.471 e. The zero-order valence-corrected chi connectivity index (χ0v) is 17.0. The average Bonchev–Trinajstić information content (AvgIpc) is 2.73. The van der Waals surface area contributed by atoms with Gasteiger partial charge in [-0.1, -0.05) is 49.6 Å². The maximum Gasteiger partial charge on any atom is 0.471 e. The Morgan fingerprint density at radius 2 is 1.77 bits per heavy atom. The molecule has 2 aromatic rings. The number of halogens is 3. The Labute approximate surface area is 175 Å². The lowest BCUT2D eigenvalue weighted by molar-refractivity contribution is -0.167. The van der Waals surface area contributed by atoms with Crippen LogP contribution in [0.4, 0.5) is 18.9 Å². The summed E-state index contributed by atoms with van der Waals surface area (Å²) >= 11 is 0. The van der Waals surface area contributed by atoms with E-state index in [1.165, 1.54) is 55.8 Å². The van der Waals surface area contributed by atoms with Crippen molar-refractivity contribution in [2.75, 3.05) is 18.4 Å². The van der Waals surface area contributed by atoms with E-state index >= 15 is 0 Å². The number of carbonyl (C=O) groups is 1. The van der Waals surface area contributed by atoms with E-state index in [0.717, 1.165) is 36.6 Å². The number of nitrogens with zero attached hydrogens (tertiary/aromatic N) is 1. The first kappa shape index (κ1) is 20.9. The summed E-state index contributed by atoms with van der Waals surface area (Å²) in [5, 5.41) is 1.93. The van der Waals surface area contributed by atoms with E-state index < -0.39 is 12.1 Å². The molecular formula is C24H27F3N2O. The third-order valence-electron chi connectivity index (χ3n) is 6.25. The Hall–Kier alpha value is -2.34. The number of amides is 1. The van der Waals surface area contributed by atoms with Gasteiger partial charge in [-0.3, -0.25) is 9.69 Å². The molecule has 1 N–H and O–H groups in total. The van der Waals surface area contributed by atoms with Crippen LogP contribution in [0.3, 0.4) is 0 Å². The van der Waals surface area contributed by atoms with Crippen LogP contribution in [-0.4, -0.2) is 30.1 Å². The van der Waals surface area contributed by atoms with Gasteiger partial charge in [-0.2, -0.15) is 13.2 Å². The van der Waals surface area contributed by atoms with Gasteiger partial charge < -0.3 is 5.32 Å². The highest BCUT2D eigenvalue weighted by Gasteiger charge is 2.38. The molecule has 0 atom stereocenters. The van der Waals surface area contributed by atoms with Crippen LogP contribution in [0, 0.1) is 5.92 Å². The molecular weight excluding hydrogens is 389 g/mol. The van der Waals surface area contributed by atoms with E-state index in [1.54, 1.807) is 12.1 Å². The number of rotatable bonds is 4. The number of carbonyl (C=O) groups excluding carboxylic acids is 1. The molecule has 0 unspecified atom stereocenters. The molecule has 0 radical (unpaired) electrons. The number of benzene rings is 2. The van der Waals surface area contributed by atoms with Gasteiger partial charge in [0.15, 0.2) is 0 Å². The van der Waals surface area contributed by atoms with Crippen LogP contribution in [0.2, 0.25) is 0 Å². The van der Waals surface area contributed by atoms with Crippen molar-refractivity contribution < 1.29 is 18.0 Å². The molecule has 1 aliphatic heterocycles. The van der Waals surface area contributed by atoms with E-state index in [0.29, 0.717) is 0 Å². The fourth-order valence-electron chi connectivity index (χ4n) is 4.66. The Morgan fingerprint density at radius 1 is 1.00 bits per heavy atom. The second-order valence-electron chi connectivity index (χ2n) is 8.51. The molecule has 160 valence electrons. The number of hydrogen-bond acceptors (Lipinski definition) is 2. The fraction of sp³-hybridized carbons (Fsp3) is 0.458. The lowest BCUT2D eigenvalue weighted by Gasteiger charge is -2.33. The molecule has 0 spiro atoms. The predicted molar refractivity (Wildman–Crippen MR) is 112 cm³/mol. The molecule has 2 aromatic carbocycles. The first-order valence-electron chi connectivity index (χ1n) is 10.7. The zero-order chi connectivity index (χ0) is 21.1. The lowest BCUT2D eigenvalue weighted by Crippen LogP contribution is -2.35. The van der Waals surface area contributed by atoms with Crippen LogP contribution in [0.25, 0.3) is 11.1 Å². The van der Waals surface area contributed by atoms with E-state index in [1.807, 2.05) is 17.4 Å². The Morgan fingerprint density at radius 3 is 2.53 bits per heavy atom. The summed E-state index contributed by atoms with van der Waals surface area (Å²) in [6.07, 6.45) is 2.89. The molecule has 1 fully saturated rings. The van der Waals surface area contributed by atoms with Gasteiger partial charge in [-0.15, -0.1) is 0 Å². The minimum absolute atomic E-state index is 0.145. The Balaban J connectivity index is 1.45. The van der Waals surface area contributed by atoms with Crippen molar-refractivity contribution in [3.63, 3.8) is 0 Å². The van der Waals surface area contributed by atoms with Crippen LogP contribution in [0.15, 0.2) is 42.5 Å². The number of anilines is 1. The highest BCUT2D eigenvalue weighted by molar-refractivity contribution is 5.95. The first-order valence-corrected chi connectivity index (χ1v) is 10.7. The molecule has 3 nitrogen and oxygen atoms in total. The molecule has 30 heavy (non-hydrogen) atoms. The van der Waals surface area contributed by atoms with Gasteiger partial charge in [0.1, 0.15) is 0 Å². The molecule has 2 aliphatic rings. The third-order valence-corrected chi connectivity index (χ3v) is 6.25.